The quantitative estimate of drug-likeness (QED) is 0.790. The molecule has 1 saturated carbocycles. The Balaban J connectivity index is 2.01. The summed E-state index contributed by atoms with van der Waals surface area (Å²) in [7, 11) is -3.30. The lowest BCUT2D eigenvalue weighted by molar-refractivity contribution is -0.121. The van der Waals surface area contributed by atoms with Gasteiger partial charge in [0, 0.05) is 0 Å². The van der Waals surface area contributed by atoms with Gasteiger partial charge in [0.1, 0.15) is 11.3 Å². The molecule has 0 radical (unpaired) electrons. The van der Waals surface area contributed by atoms with Crippen molar-refractivity contribution in [3.63, 3.8) is 0 Å². The van der Waals surface area contributed by atoms with E-state index in [9.17, 15) is 13.2 Å². The van der Waals surface area contributed by atoms with E-state index in [4.69, 9.17) is 5.26 Å². The van der Waals surface area contributed by atoms with Crippen LogP contribution in [0.2, 0.25) is 0 Å². The topological polar surface area (TPSA) is 87.0 Å². The van der Waals surface area contributed by atoms with Gasteiger partial charge in [-0.1, -0.05) is 6.42 Å². The Morgan fingerprint density at radius 2 is 2.00 bits per heavy atom. The van der Waals surface area contributed by atoms with E-state index >= 15 is 0 Å². The number of rotatable bonds is 3. The highest BCUT2D eigenvalue weighted by Gasteiger charge is 2.38. The minimum absolute atomic E-state index is 0.0890. The Morgan fingerprint density at radius 3 is 2.53 bits per heavy atom. The van der Waals surface area contributed by atoms with Crippen molar-refractivity contribution in [1.29, 1.82) is 5.26 Å². The number of hydrogen-bond donors (Lipinski definition) is 1. The Kier molecular flexibility index (Phi) is 3.38. The summed E-state index contributed by atoms with van der Waals surface area (Å²) >= 11 is 0. The molecule has 0 aromatic carbocycles. The lowest BCUT2D eigenvalue weighted by atomic mass is 10.1. The largest absolute Gasteiger partial charge is 0.339 e. The lowest BCUT2D eigenvalue weighted by Crippen LogP contribution is -2.46. The summed E-state index contributed by atoms with van der Waals surface area (Å²) in [5.74, 6) is -0.176. The van der Waals surface area contributed by atoms with Gasteiger partial charge in [-0.25, -0.2) is 8.42 Å². The van der Waals surface area contributed by atoms with Crippen LogP contribution in [0, 0.1) is 17.2 Å². The molecule has 0 bridgehead atoms. The third kappa shape index (κ3) is 2.78. The zero-order valence-electron chi connectivity index (χ0n) is 9.55. The normalized spacial score (nSPS) is 29.0. The monoisotopic (exact) mass is 256 g/mol. The van der Waals surface area contributed by atoms with Gasteiger partial charge in [0.25, 0.3) is 0 Å². The van der Waals surface area contributed by atoms with Gasteiger partial charge in [-0.15, -0.1) is 0 Å². The summed E-state index contributed by atoms with van der Waals surface area (Å²) < 4.78 is 23.5. The van der Waals surface area contributed by atoms with Crippen LogP contribution < -0.4 is 5.32 Å². The van der Waals surface area contributed by atoms with Gasteiger partial charge >= 0.3 is 0 Å². The molecule has 0 spiro atoms. The Bertz CT molecular complexity index is 448. The SMILES string of the molecule is N#CC(NC(=O)C1CCCCS1(=O)=O)C1CC1. The molecule has 2 unspecified atom stereocenters. The molecular weight excluding hydrogens is 240 g/mol. The molecule has 1 heterocycles. The number of carbonyl (C=O) groups excluding carboxylic acids is 1. The van der Waals surface area contributed by atoms with Crippen LogP contribution in [-0.4, -0.2) is 31.4 Å². The molecule has 1 N–H and O–H groups in total. The summed E-state index contributed by atoms with van der Waals surface area (Å²) in [6.45, 7) is 0. The molecule has 1 aliphatic carbocycles. The maximum atomic E-state index is 11.9. The third-order valence-corrected chi connectivity index (χ3v) is 5.58. The van der Waals surface area contributed by atoms with E-state index in [1.165, 1.54) is 0 Å². The number of nitrogens with one attached hydrogen (secondary N) is 1. The number of amides is 1. The van der Waals surface area contributed by atoms with Crippen molar-refractivity contribution in [2.24, 2.45) is 5.92 Å². The van der Waals surface area contributed by atoms with E-state index in [1.54, 1.807) is 0 Å². The first-order valence-electron chi connectivity index (χ1n) is 5.96. The second-order valence-electron chi connectivity index (χ2n) is 4.80. The Labute approximate surface area is 101 Å². The molecular formula is C11H16N2O3S. The van der Waals surface area contributed by atoms with Crippen molar-refractivity contribution in [1.82, 2.24) is 5.32 Å². The van der Waals surface area contributed by atoms with Crippen LogP contribution in [0.4, 0.5) is 0 Å². The fraction of sp³-hybridized carbons (Fsp3) is 0.818. The number of sulfone groups is 1. The first kappa shape index (κ1) is 12.4. The van der Waals surface area contributed by atoms with Crippen LogP contribution in [-0.2, 0) is 14.6 Å². The lowest BCUT2D eigenvalue weighted by Gasteiger charge is -2.22. The highest BCUT2D eigenvalue weighted by molar-refractivity contribution is 7.92. The molecule has 2 rings (SSSR count). The zero-order chi connectivity index (χ0) is 12.5. The van der Waals surface area contributed by atoms with E-state index in [0.717, 1.165) is 19.3 Å². The highest BCUT2D eigenvalue weighted by Crippen LogP contribution is 2.32. The molecule has 2 atom stereocenters. The molecule has 94 valence electrons. The molecule has 1 saturated heterocycles. The van der Waals surface area contributed by atoms with Gasteiger partial charge < -0.3 is 5.32 Å². The average molecular weight is 256 g/mol. The average Bonchev–Trinajstić information content (AvgIpc) is 3.08. The molecule has 0 aromatic rings. The van der Waals surface area contributed by atoms with Gasteiger partial charge in [-0.2, -0.15) is 5.26 Å². The number of carbonyl (C=O) groups is 1. The summed E-state index contributed by atoms with van der Waals surface area (Å²) in [6.07, 6.45) is 3.66. The molecule has 1 aliphatic heterocycles. The molecule has 0 aromatic heterocycles. The third-order valence-electron chi connectivity index (χ3n) is 3.40. The molecule has 6 heteroatoms. The van der Waals surface area contributed by atoms with Gasteiger partial charge in [0.15, 0.2) is 9.84 Å². The maximum Gasteiger partial charge on any atom is 0.239 e. The summed E-state index contributed by atoms with van der Waals surface area (Å²) in [5.41, 5.74) is 0. The Hall–Kier alpha value is -1.09. The van der Waals surface area contributed by atoms with E-state index < -0.39 is 27.0 Å². The molecule has 1 amide bonds. The van der Waals surface area contributed by atoms with Crippen LogP contribution in [0.3, 0.4) is 0 Å². The maximum absolute atomic E-state index is 11.9. The van der Waals surface area contributed by atoms with Gasteiger partial charge in [-0.3, -0.25) is 4.79 Å². The predicted molar refractivity (Wildman–Crippen MR) is 61.7 cm³/mol. The van der Waals surface area contributed by atoms with Crippen molar-refractivity contribution in [2.45, 2.75) is 43.4 Å². The van der Waals surface area contributed by atoms with Crippen molar-refractivity contribution in [3.8, 4) is 6.07 Å². The van der Waals surface area contributed by atoms with E-state index in [2.05, 4.69) is 5.32 Å². The minimum Gasteiger partial charge on any atom is -0.339 e. The molecule has 17 heavy (non-hydrogen) atoms. The fourth-order valence-electron chi connectivity index (χ4n) is 2.18. The standard InChI is InChI=1S/C11H16N2O3S/c12-7-9(8-4-5-8)13-11(14)10-3-1-2-6-17(10,15)16/h8-10H,1-6H2,(H,13,14). The van der Waals surface area contributed by atoms with Crippen molar-refractivity contribution in [3.05, 3.63) is 0 Å². The van der Waals surface area contributed by atoms with Gasteiger partial charge in [-0.05, 0) is 31.6 Å². The number of nitriles is 1. The van der Waals surface area contributed by atoms with Gasteiger partial charge in [0.05, 0.1) is 11.8 Å². The fourth-order valence-corrected chi connectivity index (χ4v) is 3.99. The van der Waals surface area contributed by atoms with Crippen LogP contribution in [0.5, 0.6) is 0 Å². The van der Waals surface area contributed by atoms with E-state index in [-0.39, 0.29) is 11.7 Å². The zero-order valence-corrected chi connectivity index (χ0v) is 10.4. The first-order chi connectivity index (χ1) is 8.04. The van der Waals surface area contributed by atoms with E-state index in [1.807, 2.05) is 6.07 Å². The smallest absolute Gasteiger partial charge is 0.239 e. The molecule has 2 fully saturated rings. The van der Waals surface area contributed by atoms with Crippen LogP contribution in [0.1, 0.15) is 32.1 Å². The highest BCUT2D eigenvalue weighted by atomic mass is 32.2. The van der Waals surface area contributed by atoms with Crippen molar-refractivity contribution >= 4 is 15.7 Å². The first-order valence-corrected chi connectivity index (χ1v) is 7.67. The van der Waals surface area contributed by atoms with Gasteiger partial charge in [0.2, 0.25) is 5.91 Å². The second-order valence-corrected chi connectivity index (χ2v) is 7.11. The van der Waals surface area contributed by atoms with Crippen LogP contribution in [0.15, 0.2) is 0 Å². The van der Waals surface area contributed by atoms with Crippen molar-refractivity contribution in [2.75, 3.05) is 5.75 Å². The number of nitrogens with zero attached hydrogens (tertiary/aromatic N) is 1. The predicted octanol–water partition coefficient (Wildman–Crippen LogP) is 0.372. The summed E-state index contributed by atoms with van der Waals surface area (Å²) in [4.78, 5) is 11.9. The molecule has 2 aliphatic rings. The van der Waals surface area contributed by atoms with E-state index in [0.29, 0.717) is 12.8 Å². The summed E-state index contributed by atoms with van der Waals surface area (Å²) in [5, 5.41) is 10.5. The van der Waals surface area contributed by atoms with Crippen LogP contribution >= 0.6 is 0 Å². The van der Waals surface area contributed by atoms with Crippen LogP contribution in [0.25, 0.3) is 0 Å². The minimum atomic E-state index is -3.30. The molecule has 5 nitrogen and oxygen atoms in total. The Morgan fingerprint density at radius 1 is 1.29 bits per heavy atom. The summed E-state index contributed by atoms with van der Waals surface area (Å²) in [6, 6.07) is 1.52. The number of hydrogen-bond acceptors (Lipinski definition) is 4. The van der Waals surface area contributed by atoms with Crippen molar-refractivity contribution < 1.29 is 13.2 Å². The second kappa shape index (κ2) is 4.65.